The van der Waals surface area contributed by atoms with E-state index >= 15 is 0 Å². The van der Waals surface area contributed by atoms with Crippen molar-refractivity contribution < 1.29 is 18.3 Å². The lowest BCUT2D eigenvalue weighted by Crippen LogP contribution is -2.43. The van der Waals surface area contributed by atoms with Crippen molar-refractivity contribution in [1.29, 1.82) is 0 Å². The summed E-state index contributed by atoms with van der Waals surface area (Å²) in [4.78, 5) is 0. The number of hydrogen-bond donors (Lipinski definition) is 1. The van der Waals surface area contributed by atoms with Gasteiger partial charge in [0.25, 0.3) is 10.2 Å². The minimum atomic E-state index is -3.38. The summed E-state index contributed by atoms with van der Waals surface area (Å²) in [6, 6.07) is 0. The SMILES string of the molecule is CN(CCCO)S(=O)(=O)N1CCCOCC1. The van der Waals surface area contributed by atoms with Gasteiger partial charge in [0.05, 0.1) is 6.61 Å². The van der Waals surface area contributed by atoms with Crippen LogP contribution in [0.3, 0.4) is 0 Å². The molecule has 0 spiro atoms. The molecule has 7 heteroatoms. The predicted octanol–water partition coefficient (Wildman–Crippen LogP) is -0.732. The highest BCUT2D eigenvalue weighted by molar-refractivity contribution is 7.86. The standard InChI is InChI=1S/C9H20N2O4S/c1-10(4-2-7-12)16(13,14)11-5-3-8-15-9-6-11/h12H,2-9H2,1H3. The van der Waals surface area contributed by atoms with Gasteiger partial charge in [0, 0.05) is 39.9 Å². The fraction of sp³-hybridized carbons (Fsp3) is 1.00. The Hall–Kier alpha value is -0.210. The third kappa shape index (κ3) is 3.67. The van der Waals surface area contributed by atoms with Gasteiger partial charge in [-0.15, -0.1) is 0 Å². The minimum Gasteiger partial charge on any atom is -0.396 e. The lowest BCUT2D eigenvalue weighted by Gasteiger charge is -2.25. The van der Waals surface area contributed by atoms with E-state index < -0.39 is 10.2 Å². The Labute approximate surface area is 97.0 Å². The second-order valence-electron chi connectivity index (χ2n) is 3.77. The van der Waals surface area contributed by atoms with E-state index in [1.807, 2.05) is 0 Å². The highest BCUT2D eigenvalue weighted by Crippen LogP contribution is 2.10. The van der Waals surface area contributed by atoms with Crippen LogP contribution in [0.4, 0.5) is 0 Å². The van der Waals surface area contributed by atoms with Gasteiger partial charge in [0.15, 0.2) is 0 Å². The zero-order chi connectivity index (χ0) is 12.0. The topological polar surface area (TPSA) is 70.1 Å². The van der Waals surface area contributed by atoms with E-state index in [0.29, 0.717) is 39.3 Å². The molecule has 0 unspecified atom stereocenters. The van der Waals surface area contributed by atoms with Gasteiger partial charge in [0.1, 0.15) is 0 Å². The Morgan fingerprint density at radius 2 is 2.12 bits per heavy atom. The van der Waals surface area contributed by atoms with Crippen LogP contribution in [0.15, 0.2) is 0 Å². The normalized spacial score (nSPS) is 19.9. The number of aliphatic hydroxyl groups is 1. The van der Waals surface area contributed by atoms with Crippen molar-refractivity contribution in [2.75, 3.05) is 46.5 Å². The molecule has 0 bridgehead atoms. The summed E-state index contributed by atoms with van der Waals surface area (Å²) in [6.45, 7) is 2.33. The summed E-state index contributed by atoms with van der Waals surface area (Å²) in [7, 11) is -1.84. The number of ether oxygens (including phenoxy) is 1. The van der Waals surface area contributed by atoms with E-state index in [0.717, 1.165) is 6.42 Å². The Morgan fingerprint density at radius 1 is 1.38 bits per heavy atom. The first kappa shape index (κ1) is 13.9. The molecule has 0 aliphatic carbocycles. The van der Waals surface area contributed by atoms with E-state index in [-0.39, 0.29) is 6.61 Å². The second-order valence-corrected chi connectivity index (χ2v) is 5.81. The Morgan fingerprint density at radius 3 is 2.81 bits per heavy atom. The highest BCUT2D eigenvalue weighted by Gasteiger charge is 2.26. The fourth-order valence-corrected chi connectivity index (χ4v) is 2.98. The molecule has 16 heavy (non-hydrogen) atoms. The van der Waals surface area contributed by atoms with E-state index in [4.69, 9.17) is 9.84 Å². The monoisotopic (exact) mass is 252 g/mol. The molecule has 1 heterocycles. The Bertz CT molecular complexity index is 286. The molecule has 1 aliphatic heterocycles. The van der Waals surface area contributed by atoms with Crippen LogP contribution in [0.5, 0.6) is 0 Å². The predicted molar refractivity (Wildman–Crippen MR) is 60.3 cm³/mol. The summed E-state index contributed by atoms with van der Waals surface area (Å²) in [5.41, 5.74) is 0. The van der Waals surface area contributed by atoms with Gasteiger partial charge in [-0.1, -0.05) is 0 Å². The smallest absolute Gasteiger partial charge is 0.281 e. The summed E-state index contributed by atoms with van der Waals surface area (Å²) in [6.07, 6.45) is 1.19. The van der Waals surface area contributed by atoms with Gasteiger partial charge in [-0.25, -0.2) is 0 Å². The highest BCUT2D eigenvalue weighted by atomic mass is 32.2. The molecule has 1 rings (SSSR count). The van der Waals surface area contributed by atoms with Crippen LogP contribution < -0.4 is 0 Å². The molecule has 0 aromatic carbocycles. The number of aliphatic hydroxyl groups excluding tert-OH is 1. The number of rotatable bonds is 5. The number of nitrogens with zero attached hydrogens (tertiary/aromatic N) is 2. The van der Waals surface area contributed by atoms with Crippen molar-refractivity contribution >= 4 is 10.2 Å². The lowest BCUT2D eigenvalue weighted by molar-refractivity contribution is 0.147. The maximum absolute atomic E-state index is 12.1. The van der Waals surface area contributed by atoms with Crippen molar-refractivity contribution in [3.63, 3.8) is 0 Å². The molecular weight excluding hydrogens is 232 g/mol. The first-order valence-electron chi connectivity index (χ1n) is 5.49. The molecule has 0 amide bonds. The molecule has 1 fully saturated rings. The van der Waals surface area contributed by atoms with Crippen molar-refractivity contribution in [2.45, 2.75) is 12.8 Å². The maximum atomic E-state index is 12.1. The molecule has 1 N–H and O–H groups in total. The molecule has 0 aromatic rings. The van der Waals surface area contributed by atoms with Crippen molar-refractivity contribution in [3.05, 3.63) is 0 Å². The van der Waals surface area contributed by atoms with Crippen LogP contribution in [0, 0.1) is 0 Å². The van der Waals surface area contributed by atoms with Crippen LogP contribution in [0.25, 0.3) is 0 Å². The lowest BCUT2D eigenvalue weighted by atomic mass is 10.5. The van der Waals surface area contributed by atoms with Gasteiger partial charge >= 0.3 is 0 Å². The molecule has 1 aliphatic rings. The molecule has 0 aromatic heterocycles. The molecular formula is C9H20N2O4S. The third-order valence-corrected chi connectivity index (χ3v) is 4.52. The zero-order valence-electron chi connectivity index (χ0n) is 9.63. The van der Waals surface area contributed by atoms with Crippen molar-refractivity contribution in [2.24, 2.45) is 0 Å². The Balaban J connectivity index is 2.59. The van der Waals surface area contributed by atoms with Crippen LogP contribution >= 0.6 is 0 Å². The summed E-state index contributed by atoms with van der Waals surface area (Å²) in [5, 5.41) is 8.68. The van der Waals surface area contributed by atoms with Crippen LogP contribution in [0.1, 0.15) is 12.8 Å². The summed E-state index contributed by atoms with van der Waals surface area (Å²) < 4.78 is 32.1. The average Bonchev–Trinajstić information content (AvgIpc) is 2.54. The van der Waals surface area contributed by atoms with Gasteiger partial charge < -0.3 is 9.84 Å². The van der Waals surface area contributed by atoms with E-state index in [1.54, 1.807) is 0 Å². The van der Waals surface area contributed by atoms with Crippen LogP contribution in [0.2, 0.25) is 0 Å². The Kier molecular flexibility index (Phi) is 5.63. The van der Waals surface area contributed by atoms with E-state index in [2.05, 4.69) is 0 Å². The molecule has 0 atom stereocenters. The maximum Gasteiger partial charge on any atom is 0.281 e. The van der Waals surface area contributed by atoms with Crippen LogP contribution in [-0.2, 0) is 14.9 Å². The fourth-order valence-electron chi connectivity index (χ4n) is 1.56. The van der Waals surface area contributed by atoms with E-state index in [9.17, 15) is 8.42 Å². The van der Waals surface area contributed by atoms with Crippen molar-refractivity contribution in [1.82, 2.24) is 8.61 Å². The second kappa shape index (κ2) is 6.51. The first-order valence-corrected chi connectivity index (χ1v) is 6.88. The first-order chi connectivity index (χ1) is 7.59. The molecule has 1 saturated heterocycles. The third-order valence-electron chi connectivity index (χ3n) is 2.53. The molecule has 0 saturated carbocycles. The molecule has 6 nitrogen and oxygen atoms in total. The van der Waals surface area contributed by atoms with Gasteiger partial charge in [-0.3, -0.25) is 0 Å². The summed E-state index contributed by atoms with van der Waals surface area (Å²) in [5.74, 6) is 0. The molecule has 0 radical (unpaired) electrons. The minimum absolute atomic E-state index is 0.00295. The van der Waals surface area contributed by atoms with Crippen molar-refractivity contribution in [3.8, 4) is 0 Å². The number of hydrogen-bond acceptors (Lipinski definition) is 4. The van der Waals surface area contributed by atoms with Gasteiger partial charge in [-0.05, 0) is 12.8 Å². The largest absolute Gasteiger partial charge is 0.396 e. The quantitative estimate of drug-likeness (QED) is 0.700. The molecule has 96 valence electrons. The average molecular weight is 252 g/mol. The van der Waals surface area contributed by atoms with Gasteiger partial charge in [-0.2, -0.15) is 17.0 Å². The zero-order valence-corrected chi connectivity index (χ0v) is 10.4. The van der Waals surface area contributed by atoms with Crippen LogP contribution in [-0.4, -0.2) is 68.6 Å². The van der Waals surface area contributed by atoms with E-state index in [1.165, 1.54) is 15.7 Å². The van der Waals surface area contributed by atoms with Gasteiger partial charge in [0.2, 0.25) is 0 Å². The summed E-state index contributed by atoms with van der Waals surface area (Å²) >= 11 is 0.